The molecule has 2 saturated heterocycles. The van der Waals surface area contributed by atoms with Crippen LogP contribution in [-0.4, -0.2) is 61.7 Å². The summed E-state index contributed by atoms with van der Waals surface area (Å²) >= 11 is 6.11. The largest absolute Gasteiger partial charge is 0.314 e. The molecule has 0 amide bonds. The number of nitrogens with zero attached hydrogens (tertiary/aromatic N) is 2. The third-order valence-corrected chi connectivity index (χ3v) is 6.36. The first-order chi connectivity index (χ1) is 12.3. The van der Waals surface area contributed by atoms with E-state index >= 15 is 0 Å². The average Bonchev–Trinajstić information content (AvgIpc) is 3.18. The second kappa shape index (κ2) is 8.22. The van der Waals surface area contributed by atoms with E-state index in [0.29, 0.717) is 0 Å². The van der Waals surface area contributed by atoms with E-state index in [4.69, 9.17) is 11.6 Å². The Balaban J connectivity index is 1.57. The van der Waals surface area contributed by atoms with Crippen molar-refractivity contribution in [3.63, 3.8) is 0 Å². The highest BCUT2D eigenvalue weighted by Crippen LogP contribution is 2.36. The van der Waals surface area contributed by atoms with Crippen LogP contribution in [0.15, 0.2) is 29.8 Å². The number of nitrogens with one attached hydrogen (secondary N) is 1. The Morgan fingerprint density at radius 3 is 2.44 bits per heavy atom. The molecule has 1 aliphatic carbocycles. The third-order valence-electron chi connectivity index (χ3n) is 6.11. The van der Waals surface area contributed by atoms with Gasteiger partial charge in [-0.1, -0.05) is 29.3 Å². The molecule has 4 rings (SSSR count). The average molecular weight is 360 g/mol. The quantitative estimate of drug-likeness (QED) is 0.885. The minimum absolute atomic E-state index is 0.761. The number of piperazine rings is 1. The van der Waals surface area contributed by atoms with E-state index in [1.54, 1.807) is 11.1 Å². The van der Waals surface area contributed by atoms with Crippen LogP contribution in [0.2, 0.25) is 5.02 Å². The molecule has 1 N–H and O–H groups in total. The molecule has 25 heavy (non-hydrogen) atoms. The van der Waals surface area contributed by atoms with E-state index in [0.717, 1.165) is 30.7 Å². The van der Waals surface area contributed by atoms with E-state index in [1.165, 1.54) is 63.8 Å². The minimum atomic E-state index is 0.761. The fourth-order valence-corrected chi connectivity index (χ4v) is 4.84. The summed E-state index contributed by atoms with van der Waals surface area (Å²) in [7, 11) is 0. The maximum Gasteiger partial charge on any atom is 0.0406 e. The first kappa shape index (κ1) is 17.5. The van der Waals surface area contributed by atoms with Gasteiger partial charge in [-0.2, -0.15) is 0 Å². The Kier molecular flexibility index (Phi) is 5.76. The van der Waals surface area contributed by atoms with Gasteiger partial charge in [-0.25, -0.2) is 0 Å². The molecular weight excluding hydrogens is 330 g/mol. The molecule has 1 unspecified atom stereocenters. The van der Waals surface area contributed by atoms with E-state index in [1.807, 2.05) is 12.1 Å². The molecule has 136 valence electrons. The summed E-state index contributed by atoms with van der Waals surface area (Å²) in [5.41, 5.74) is 4.65. The summed E-state index contributed by atoms with van der Waals surface area (Å²) in [6.45, 7) is 8.35. The summed E-state index contributed by atoms with van der Waals surface area (Å²) in [5, 5.41) is 4.31. The van der Waals surface area contributed by atoms with Crippen molar-refractivity contribution in [1.82, 2.24) is 15.1 Å². The van der Waals surface area contributed by atoms with Crippen molar-refractivity contribution in [2.24, 2.45) is 0 Å². The molecule has 2 fully saturated rings. The number of likely N-dealkylation sites (tertiary alicyclic amines) is 1. The maximum absolute atomic E-state index is 6.11. The van der Waals surface area contributed by atoms with Crippen LogP contribution in [0, 0.1) is 0 Å². The first-order valence-corrected chi connectivity index (χ1v) is 10.3. The normalized spacial score (nSPS) is 26.4. The molecule has 1 atom stereocenters. The van der Waals surface area contributed by atoms with Crippen LogP contribution in [0.5, 0.6) is 0 Å². The lowest BCUT2D eigenvalue weighted by Gasteiger charge is -2.36. The molecule has 3 nitrogen and oxygen atoms in total. The first-order valence-electron chi connectivity index (χ1n) is 9.93. The predicted molar refractivity (Wildman–Crippen MR) is 106 cm³/mol. The van der Waals surface area contributed by atoms with Gasteiger partial charge >= 0.3 is 0 Å². The van der Waals surface area contributed by atoms with E-state index in [-0.39, 0.29) is 0 Å². The van der Waals surface area contributed by atoms with Gasteiger partial charge in [0.05, 0.1) is 0 Å². The molecule has 0 saturated carbocycles. The molecule has 0 aromatic heterocycles. The van der Waals surface area contributed by atoms with Gasteiger partial charge in [0.1, 0.15) is 0 Å². The Labute approximate surface area is 157 Å². The zero-order valence-electron chi connectivity index (χ0n) is 15.1. The number of rotatable bonds is 4. The van der Waals surface area contributed by atoms with Crippen molar-refractivity contribution < 1.29 is 0 Å². The number of hydrogen-bond acceptors (Lipinski definition) is 3. The highest BCUT2D eigenvalue weighted by Gasteiger charge is 2.29. The van der Waals surface area contributed by atoms with Gasteiger partial charge in [0.2, 0.25) is 0 Å². The molecule has 0 radical (unpaired) electrons. The second-order valence-corrected chi connectivity index (χ2v) is 8.19. The molecule has 3 aliphatic rings. The zero-order chi connectivity index (χ0) is 17.1. The van der Waals surface area contributed by atoms with Crippen molar-refractivity contribution in [3.8, 4) is 0 Å². The molecule has 2 heterocycles. The summed E-state index contributed by atoms with van der Waals surface area (Å²) in [4.78, 5) is 5.38. The zero-order valence-corrected chi connectivity index (χ0v) is 15.9. The van der Waals surface area contributed by atoms with Gasteiger partial charge in [0.15, 0.2) is 0 Å². The minimum Gasteiger partial charge on any atom is -0.314 e. The molecule has 0 bridgehead atoms. The Bertz CT molecular complexity index is 598. The van der Waals surface area contributed by atoms with Gasteiger partial charge in [-0.15, -0.1) is 0 Å². The van der Waals surface area contributed by atoms with E-state index in [9.17, 15) is 0 Å². The SMILES string of the molecule is Clc1ccc(C2=C(CN3CCNCC3)CC(N3CCCC3)CC2)cc1. The molecule has 2 aliphatic heterocycles. The van der Waals surface area contributed by atoms with Crippen molar-refractivity contribution in [1.29, 1.82) is 0 Å². The van der Waals surface area contributed by atoms with Crippen LogP contribution in [0.1, 0.15) is 37.7 Å². The van der Waals surface area contributed by atoms with Crippen LogP contribution in [0.25, 0.3) is 5.57 Å². The van der Waals surface area contributed by atoms with Crippen molar-refractivity contribution in [3.05, 3.63) is 40.4 Å². The van der Waals surface area contributed by atoms with Gasteiger partial charge in [0, 0.05) is 43.8 Å². The van der Waals surface area contributed by atoms with Crippen molar-refractivity contribution in [2.45, 2.75) is 38.1 Å². The lowest BCUT2D eigenvalue weighted by molar-refractivity contribution is 0.212. The Morgan fingerprint density at radius 2 is 1.72 bits per heavy atom. The summed E-state index contributed by atoms with van der Waals surface area (Å²) < 4.78 is 0. The molecular formula is C21H30ClN3. The van der Waals surface area contributed by atoms with Crippen molar-refractivity contribution in [2.75, 3.05) is 45.8 Å². The van der Waals surface area contributed by atoms with E-state index in [2.05, 4.69) is 27.2 Å². The lowest BCUT2D eigenvalue weighted by Crippen LogP contribution is -2.45. The van der Waals surface area contributed by atoms with Gasteiger partial charge < -0.3 is 10.2 Å². The van der Waals surface area contributed by atoms with E-state index < -0.39 is 0 Å². The Hall–Kier alpha value is -0.870. The van der Waals surface area contributed by atoms with Crippen LogP contribution >= 0.6 is 11.6 Å². The molecule has 1 aromatic carbocycles. The van der Waals surface area contributed by atoms with Gasteiger partial charge in [-0.3, -0.25) is 4.90 Å². The lowest BCUT2D eigenvalue weighted by atomic mass is 9.83. The topological polar surface area (TPSA) is 18.5 Å². The maximum atomic E-state index is 6.11. The second-order valence-electron chi connectivity index (χ2n) is 7.75. The third kappa shape index (κ3) is 4.28. The smallest absolute Gasteiger partial charge is 0.0406 e. The van der Waals surface area contributed by atoms with Crippen LogP contribution < -0.4 is 5.32 Å². The van der Waals surface area contributed by atoms with Crippen LogP contribution in [0.4, 0.5) is 0 Å². The number of allylic oxidation sites excluding steroid dienone is 1. The highest BCUT2D eigenvalue weighted by atomic mass is 35.5. The predicted octanol–water partition coefficient (Wildman–Crippen LogP) is 3.65. The number of benzene rings is 1. The Morgan fingerprint density at radius 1 is 1.00 bits per heavy atom. The highest BCUT2D eigenvalue weighted by molar-refractivity contribution is 6.30. The van der Waals surface area contributed by atoms with Crippen LogP contribution in [-0.2, 0) is 0 Å². The fraction of sp³-hybridized carbons (Fsp3) is 0.619. The summed E-state index contributed by atoms with van der Waals surface area (Å²) in [6.07, 6.45) is 6.55. The summed E-state index contributed by atoms with van der Waals surface area (Å²) in [5.74, 6) is 0. The van der Waals surface area contributed by atoms with Gasteiger partial charge in [0.25, 0.3) is 0 Å². The molecule has 0 spiro atoms. The summed E-state index contributed by atoms with van der Waals surface area (Å²) in [6, 6.07) is 9.27. The number of halogens is 1. The molecule has 4 heteroatoms. The molecule has 1 aromatic rings. The fourth-order valence-electron chi connectivity index (χ4n) is 4.71. The van der Waals surface area contributed by atoms with Crippen molar-refractivity contribution >= 4 is 17.2 Å². The monoisotopic (exact) mass is 359 g/mol. The van der Waals surface area contributed by atoms with Gasteiger partial charge in [-0.05, 0) is 68.5 Å². The van der Waals surface area contributed by atoms with Crippen LogP contribution in [0.3, 0.4) is 0 Å². The number of hydrogen-bond donors (Lipinski definition) is 1. The standard InChI is InChI=1S/C21H30ClN3/c22-19-5-3-17(4-6-19)21-8-7-20(25-11-1-2-12-25)15-18(21)16-24-13-9-23-10-14-24/h3-6,20,23H,1-2,7-16H2.